The van der Waals surface area contributed by atoms with Gasteiger partial charge in [0.1, 0.15) is 18.1 Å². The largest absolute Gasteiger partial charge is 0.507 e. The fourth-order valence-electron chi connectivity index (χ4n) is 4.77. The Kier molecular flexibility index (Phi) is 8.08. The Morgan fingerprint density at radius 3 is 2.31 bits per heavy atom. The van der Waals surface area contributed by atoms with Crippen molar-refractivity contribution in [1.29, 1.82) is 0 Å². The number of carbonyl (C=O) groups is 3. The highest BCUT2D eigenvalue weighted by molar-refractivity contribution is 7.18. The highest BCUT2D eigenvalue weighted by atomic mass is 32.1. The lowest BCUT2D eigenvalue weighted by molar-refractivity contribution is -0.132. The standard InChI is InChI=1S/C32H28N2O7S/c1-18-30(19(2)35)42-32(33-18)34-27(26(29(37)31(34)38)28(36)21-10-13-23(39-3)14-11-21)22-12-15-24(25(16-22)40-4)41-17-20-8-6-5-7-9-20/h5-16,27,36H,17H2,1-4H3/b28-26+. The van der Waals surface area contributed by atoms with Gasteiger partial charge in [0.25, 0.3) is 5.78 Å². The number of nitrogens with zero attached hydrogens (tertiary/aromatic N) is 2. The third-order valence-corrected chi connectivity index (χ3v) is 8.12. The highest BCUT2D eigenvalue weighted by Crippen LogP contribution is 2.45. The second kappa shape index (κ2) is 11.9. The summed E-state index contributed by atoms with van der Waals surface area (Å²) < 4.78 is 16.8. The summed E-state index contributed by atoms with van der Waals surface area (Å²) in [6.45, 7) is 3.39. The van der Waals surface area contributed by atoms with Gasteiger partial charge in [-0.15, -0.1) is 0 Å². The minimum absolute atomic E-state index is 0.123. The minimum Gasteiger partial charge on any atom is -0.507 e. The van der Waals surface area contributed by atoms with Crippen LogP contribution in [0.2, 0.25) is 0 Å². The van der Waals surface area contributed by atoms with E-state index in [9.17, 15) is 19.5 Å². The van der Waals surface area contributed by atoms with Crippen molar-refractivity contribution in [3.63, 3.8) is 0 Å². The first kappa shape index (κ1) is 28.6. The first-order valence-electron chi connectivity index (χ1n) is 13.0. The van der Waals surface area contributed by atoms with Gasteiger partial charge >= 0.3 is 5.91 Å². The molecule has 1 fully saturated rings. The van der Waals surface area contributed by atoms with Crippen molar-refractivity contribution in [3.8, 4) is 17.2 Å². The molecule has 1 saturated heterocycles. The molecule has 0 aliphatic carbocycles. The van der Waals surface area contributed by atoms with Crippen molar-refractivity contribution < 1.29 is 33.7 Å². The number of methoxy groups -OCH3 is 2. The number of hydrogen-bond acceptors (Lipinski definition) is 9. The number of ether oxygens (including phenoxy) is 3. The summed E-state index contributed by atoms with van der Waals surface area (Å²) in [4.78, 5) is 45.3. The average molecular weight is 585 g/mol. The number of benzene rings is 3. The van der Waals surface area contributed by atoms with Crippen LogP contribution in [0.15, 0.2) is 78.4 Å². The monoisotopic (exact) mass is 584 g/mol. The van der Waals surface area contributed by atoms with Crippen molar-refractivity contribution in [2.75, 3.05) is 19.1 Å². The Morgan fingerprint density at radius 2 is 1.69 bits per heavy atom. The van der Waals surface area contributed by atoms with Gasteiger partial charge in [-0.25, -0.2) is 4.98 Å². The summed E-state index contributed by atoms with van der Waals surface area (Å²) in [6.07, 6.45) is 0. The maximum Gasteiger partial charge on any atom is 0.301 e. The van der Waals surface area contributed by atoms with Gasteiger partial charge in [0.15, 0.2) is 22.4 Å². The quantitative estimate of drug-likeness (QED) is 0.112. The number of anilines is 1. The molecular weight excluding hydrogens is 556 g/mol. The number of aliphatic hydroxyl groups is 1. The fraction of sp³-hybridized carbons (Fsp3) is 0.188. The van der Waals surface area contributed by atoms with Crippen molar-refractivity contribution in [2.24, 2.45) is 0 Å². The van der Waals surface area contributed by atoms with Crippen molar-refractivity contribution in [3.05, 3.63) is 106 Å². The van der Waals surface area contributed by atoms with Crippen LogP contribution >= 0.6 is 11.3 Å². The molecule has 2 heterocycles. The number of ketones is 2. The van der Waals surface area contributed by atoms with E-state index in [1.54, 1.807) is 49.4 Å². The number of rotatable bonds is 9. The van der Waals surface area contributed by atoms with Crippen LogP contribution in [-0.4, -0.2) is 41.8 Å². The Morgan fingerprint density at radius 1 is 0.976 bits per heavy atom. The highest BCUT2D eigenvalue weighted by Gasteiger charge is 2.48. The lowest BCUT2D eigenvalue weighted by Crippen LogP contribution is -2.29. The number of hydrogen-bond donors (Lipinski definition) is 1. The molecule has 1 aliphatic rings. The molecule has 1 aromatic heterocycles. The van der Waals surface area contributed by atoms with Crippen LogP contribution in [0.4, 0.5) is 5.13 Å². The molecule has 0 bridgehead atoms. The number of Topliss-reactive ketones (excluding diaryl/α,β-unsaturated/α-hetero) is 2. The van der Waals surface area contributed by atoms with E-state index in [0.29, 0.717) is 45.6 Å². The topological polar surface area (TPSA) is 115 Å². The van der Waals surface area contributed by atoms with Crippen LogP contribution in [-0.2, 0) is 16.2 Å². The predicted octanol–water partition coefficient (Wildman–Crippen LogP) is 5.88. The molecule has 1 unspecified atom stereocenters. The zero-order chi connectivity index (χ0) is 30.0. The van der Waals surface area contributed by atoms with Gasteiger partial charge in [-0.2, -0.15) is 0 Å². The number of amides is 1. The first-order chi connectivity index (χ1) is 20.2. The molecule has 10 heteroatoms. The number of aryl methyl sites for hydroxylation is 1. The lowest BCUT2D eigenvalue weighted by atomic mass is 9.95. The van der Waals surface area contributed by atoms with Crippen LogP contribution < -0.4 is 19.1 Å². The van der Waals surface area contributed by atoms with Gasteiger partial charge in [0.2, 0.25) is 0 Å². The van der Waals surface area contributed by atoms with E-state index in [1.165, 1.54) is 26.0 Å². The second-order valence-electron chi connectivity index (χ2n) is 9.55. The van der Waals surface area contributed by atoms with E-state index < -0.39 is 17.7 Å². The smallest absolute Gasteiger partial charge is 0.301 e. The van der Waals surface area contributed by atoms with E-state index in [4.69, 9.17) is 14.2 Å². The summed E-state index contributed by atoms with van der Waals surface area (Å²) in [5.41, 5.74) is 2.10. The van der Waals surface area contributed by atoms with E-state index >= 15 is 0 Å². The first-order valence-corrected chi connectivity index (χ1v) is 13.8. The summed E-state index contributed by atoms with van der Waals surface area (Å²) in [6, 6.07) is 20.1. The fourth-order valence-corrected chi connectivity index (χ4v) is 5.76. The molecule has 0 spiro atoms. The SMILES string of the molecule is COc1ccc(/C(O)=C2\C(=O)C(=O)N(c3nc(C)c(C(C)=O)s3)C2c2ccc(OCc3ccccc3)c(OC)c2)cc1. The Hall–Kier alpha value is -4.96. The Balaban J connectivity index is 1.63. The van der Waals surface area contributed by atoms with Crippen LogP contribution in [0, 0.1) is 6.92 Å². The zero-order valence-corrected chi connectivity index (χ0v) is 24.2. The molecule has 0 saturated carbocycles. The van der Waals surface area contributed by atoms with Gasteiger partial charge in [-0.1, -0.05) is 47.7 Å². The summed E-state index contributed by atoms with van der Waals surface area (Å²) in [5, 5.41) is 11.6. The molecule has 5 rings (SSSR count). The molecule has 9 nitrogen and oxygen atoms in total. The third-order valence-electron chi connectivity index (χ3n) is 6.86. The van der Waals surface area contributed by atoms with Crippen molar-refractivity contribution >= 4 is 39.7 Å². The molecule has 3 aromatic carbocycles. The van der Waals surface area contributed by atoms with E-state index in [-0.39, 0.29) is 22.2 Å². The van der Waals surface area contributed by atoms with Gasteiger partial charge in [0.05, 0.1) is 36.4 Å². The maximum atomic E-state index is 13.5. The Labute approximate surface area is 246 Å². The van der Waals surface area contributed by atoms with Gasteiger partial charge in [0, 0.05) is 12.5 Å². The molecule has 1 atom stereocenters. The molecular formula is C32H28N2O7S. The average Bonchev–Trinajstić information content (AvgIpc) is 3.52. The van der Waals surface area contributed by atoms with Crippen LogP contribution in [0.25, 0.3) is 5.76 Å². The summed E-state index contributed by atoms with van der Waals surface area (Å²) >= 11 is 1.02. The van der Waals surface area contributed by atoms with E-state index in [0.717, 1.165) is 16.9 Å². The van der Waals surface area contributed by atoms with Crippen LogP contribution in [0.1, 0.15) is 45.0 Å². The number of aliphatic hydroxyl groups excluding tert-OH is 1. The predicted molar refractivity (Wildman–Crippen MR) is 158 cm³/mol. The Bertz CT molecular complexity index is 1690. The molecule has 1 N–H and O–H groups in total. The van der Waals surface area contributed by atoms with Gasteiger partial charge in [-0.05, 0) is 54.4 Å². The molecule has 1 aliphatic heterocycles. The van der Waals surface area contributed by atoms with E-state index in [2.05, 4.69) is 4.98 Å². The van der Waals surface area contributed by atoms with Crippen molar-refractivity contribution in [1.82, 2.24) is 4.98 Å². The molecule has 214 valence electrons. The second-order valence-corrected chi connectivity index (χ2v) is 10.5. The normalized spacial score (nSPS) is 16.0. The van der Waals surface area contributed by atoms with E-state index in [1.807, 2.05) is 30.3 Å². The van der Waals surface area contributed by atoms with Gasteiger partial charge < -0.3 is 19.3 Å². The van der Waals surface area contributed by atoms with Gasteiger partial charge in [-0.3, -0.25) is 19.3 Å². The van der Waals surface area contributed by atoms with Crippen LogP contribution in [0.3, 0.4) is 0 Å². The molecule has 0 radical (unpaired) electrons. The maximum absolute atomic E-state index is 13.5. The third kappa shape index (κ3) is 5.36. The molecule has 42 heavy (non-hydrogen) atoms. The molecule has 1 amide bonds. The number of thiazole rings is 1. The lowest BCUT2D eigenvalue weighted by Gasteiger charge is -2.24. The summed E-state index contributed by atoms with van der Waals surface area (Å²) in [7, 11) is 3.01. The van der Waals surface area contributed by atoms with Crippen LogP contribution in [0.5, 0.6) is 17.2 Å². The minimum atomic E-state index is -1.06. The number of aromatic nitrogens is 1. The number of carbonyl (C=O) groups excluding carboxylic acids is 3. The van der Waals surface area contributed by atoms with Crippen molar-refractivity contribution in [2.45, 2.75) is 26.5 Å². The molecule has 4 aromatic rings. The summed E-state index contributed by atoms with van der Waals surface area (Å²) in [5.74, 6) is -0.916. The zero-order valence-electron chi connectivity index (χ0n) is 23.4.